The van der Waals surface area contributed by atoms with Gasteiger partial charge < -0.3 is 5.73 Å². The van der Waals surface area contributed by atoms with E-state index in [1.165, 1.54) is 25.7 Å². The highest BCUT2D eigenvalue weighted by Gasteiger charge is 2.27. The first kappa shape index (κ1) is 7.58. The molecule has 1 fully saturated rings. The Morgan fingerprint density at radius 2 is 1.90 bits per heavy atom. The third kappa shape index (κ3) is 1.72. The van der Waals surface area contributed by atoms with Gasteiger partial charge in [-0.2, -0.15) is 0 Å². The van der Waals surface area contributed by atoms with Crippen LogP contribution in [0.5, 0.6) is 0 Å². The van der Waals surface area contributed by atoms with Crippen LogP contribution < -0.4 is 5.73 Å². The van der Waals surface area contributed by atoms with Gasteiger partial charge in [0.15, 0.2) is 0 Å². The van der Waals surface area contributed by atoms with Gasteiger partial charge in [0, 0.05) is 0 Å². The fourth-order valence-electron chi connectivity index (χ4n) is 1.67. The second-order valence-corrected chi connectivity index (χ2v) is 3.46. The molecule has 0 heterocycles. The molecule has 0 unspecified atom stereocenters. The quantitative estimate of drug-likeness (QED) is 0.437. The van der Waals surface area contributed by atoms with Gasteiger partial charge in [-0.05, 0) is 26.7 Å². The van der Waals surface area contributed by atoms with Gasteiger partial charge in [-0.3, -0.25) is 4.99 Å². The number of nitrogens with two attached hydrogens (primary N) is 1. The van der Waals surface area contributed by atoms with Crippen LogP contribution in [0, 0.1) is 0 Å². The molecule has 2 heteroatoms. The van der Waals surface area contributed by atoms with Gasteiger partial charge in [-0.1, -0.05) is 12.8 Å². The van der Waals surface area contributed by atoms with E-state index in [-0.39, 0.29) is 5.54 Å². The summed E-state index contributed by atoms with van der Waals surface area (Å²) in [5.74, 6) is 0.726. The first-order valence-corrected chi connectivity index (χ1v) is 3.94. The zero-order chi connectivity index (χ0) is 7.61. The molecule has 0 spiro atoms. The lowest BCUT2D eigenvalue weighted by Gasteiger charge is -2.17. The third-order valence-corrected chi connectivity index (χ3v) is 2.13. The van der Waals surface area contributed by atoms with Crippen molar-refractivity contribution in [3.63, 3.8) is 0 Å². The maximum Gasteiger partial charge on any atom is 0.0912 e. The Bertz CT molecular complexity index is 139. The van der Waals surface area contributed by atoms with E-state index in [1.807, 2.05) is 6.92 Å². The molecule has 10 heavy (non-hydrogen) atoms. The largest absolute Gasteiger partial charge is 0.388 e. The predicted octanol–water partition coefficient (Wildman–Crippen LogP) is 1.70. The number of nitrogens with zero attached hydrogens (tertiary/aromatic N) is 1. The molecule has 0 radical (unpaired) electrons. The normalized spacial score (nSPS) is 25.2. The molecule has 1 saturated carbocycles. The number of rotatable bonds is 1. The summed E-state index contributed by atoms with van der Waals surface area (Å²) in [6.45, 7) is 4.06. The highest BCUT2D eigenvalue weighted by Crippen LogP contribution is 2.32. The summed E-state index contributed by atoms with van der Waals surface area (Å²) in [6.07, 6.45) is 5.05. The molecule has 0 aliphatic heterocycles. The maximum atomic E-state index is 5.51. The number of aliphatic imine (C=N–C) groups is 1. The maximum absolute atomic E-state index is 5.51. The Balaban J connectivity index is 2.59. The van der Waals surface area contributed by atoms with Crippen molar-refractivity contribution in [1.82, 2.24) is 0 Å². The topological polar surface area (TPSA) is 38.4 Å². The van der Waals surface area contributed by atoms with Gasteiger partial charge in [0.25, 0.3) is 0 Å². The molecule has 2 nitrogen and oxygen atoms in total. The molecule has 0 amide bonds. The van der Waals surface area contributed by atoms with Crippen molar-refractivity contribution in [2.45, 2.75) is 45.1 Å². The highest BCUT2D eigenvalue weighted by molar-refractivity contribution is 5.77. The van der Waals surface area contributed by atoms with Crippen LogP contribution in [0.1, 0.15) is 39.5 Å². The second kappa shape index (κ2) is 2.60. The summed E-state index contributed by atoms with van der Waals surface area (Å²) in [4.78, 5) is 4.40. The second-order valence-electron chi connectivity index (χ2n) is 3.46. The van der Waals surface area contributed by atoms with Crippen molar-refractivity contribution < 1.29 is 0 Å². The van der Waals surface area contributed by atoms with Crippen LogP contribution in [-0.4, -0.2) is 11.4 Å². The minimum absolute atomic E-state index is 0.179. The summed E-state index contributed by atoms with van der Waals surface area (Å²) in [5, 5.41) is 0. The molecule has 1 rings (SSSR count). The van der Waals surface area contributed by atoms with Crippen LogP contribution in [0.2, 0.25) is 0 Å². The summed E-state index contributed by atoms with van der Waals surface area (Å²) < 4.78 is 0. The van der Waals surface area contributed by atoms with Crippen LogP contribution in [0.4, 0.5) is 0 Å². The van der Waals surface area contributed by atoms with Gasteiger partial charge in [-0.25, -0.2) is 0 Å². The molecule has 0 aromatic heterocycles. The molecular formula is C8H16N2. The molecule has 1 aliphatic rings. The average molecular weight is 140 g/mol. The smallest absolute Gasteiger partial charge is 0.0912 e. The van der Waals surface area contributed by atoms with E-state index in [0.29, 0.717) is 0 Å². The van der Waals surface area contributed by atoms with E-state index in [0.717, 1.165) is 5.84 Å². The molecular weight excluding hydrogens is 124 g/mol. The van der Waals surface area contributed by atoms with Crippen molar-refractivity contribution in [3.05, 3.63) is 0 Å². The van der Waals surface area contributed by atoms with E-state index in [4.69, 9.17) is 5.73 Å². The summed E-state index contributed by atoms with van der Waals surface area (Å²) >= 11 is 0. The minimum Gasteiger partial charge on any atom is -0.388 e. The van der Waals surface area contributed by atoms with Gasteiger partial charge in [-0.15, -0.1) is 0 Å². The average Bonchev–Trinajstić information content (AvgIpc) is 2.12. The Kier molecular flexibility index (Phi) is 1.97. The Hall–Kier alpha value is -0.530. The molecule has 0 bridgehead atoms. The lowest BCUT2D eigenvalue weighted by atomic mass is 10.0. The zero-order valence-corrected chi connectivity index (χ0v) is 6.85. The monoisotopic (exact) mass is 140 g/mol. The van der Waals surface area contributed by atoms with E-state index in [9.17, 15) is 0 Å². The van der Waals surface area contributed by atoms with Crippen molar-refractivity contribution >= 4 is 5.84 Å². The Morgan fingerprint density at radius 1 is 1.40 bits per heavy atom. The predicted molar refractivity (Wildman–Crippen MR) is 44.2 cm³/mol. The van der Waals surface area contributed by atoms with E-state index in [1.54, 1.807) is 0 Å². The highest BCUT2D eigenvalue weighted by atomic mass is 14.9. The first-order chi connectivity index (χ1) is 4.62. The molecule has 1 aliphatic carbocycles. The van der Waals surface area contributed by atoms with E-state index < -0.39 is 0 Å². The molecule has 58 valence electrons. The molecule has 0 atom stereocenters. The van der Waals surface area contributed by atoms with Gasteiger partial charge in [0.2, 0.25) is 0 Å². The van der Waals surface area contributed by atoms with Crippen LogP contribution in [0.3, 0.4) is 0 Å². The van der Waals surface area contributed by atoms with Crippen LogP contribution in [0.25, 0.3) is 0 Å². The molecule has 2 N–H and O–H groups in total. The van der Waals surface area contributed by atoms with Gasteiger partial charge in [0.05, 0.1) is 11.4 Å². The number of amidine groups is 1. The fraction of sp³-hybridized carbons (Fsp3) is 0.875. The van der Waals surface area contributed by atoms with Gasteiger partial charge >= 0.3 is 0 Å². The van der Waals surface area contributed by atoms with Crippen LogP contribution in [-0.2, 0) is 0 Å². The van der Waals surface area contributed by atoms with Crippen LogP contribution >= 0.6 is 0 Å². The van der Waals surface area contributed by atoms with Crippen LogP contribution in [0.15, 0.2) is 4.99 Å². The van der Waals surface area contributed by atoms with Crippen molar-refractivity contribution in [3.8, 4) is 0 Å². The minimum atomic E-state index is 0.179. The summed E-state index contributed by atoms with van der Waals surface area (Å²) in [7, 11) is 0. The standard InChI is InChI=1S/C8H16N2/c1-7(9)10-8(2)5-3-4-6-8/h3-6H2,1-2H3,(H2,9,10). The summed E-state index contributed by atoms with van der Waals surface area (Å²) in [5.41, 5.74) is 5.69. The fourth-order valence-corrected chi connectivity index (χ4v) is 1.67. The Morgan fingerprint density at radius 3 is 2.30 bits per heavy atom. The van der Waals surface area contributed by atoms with Gasteiger partial charge in [0.1, 0.15) is 0 Å². The third-order valence-electron chi connectivity index (χ3n) is 2.13. The van der Waals surface area contributed by atoms with E-state index in [2.05, 4.69) is 11.9 Å². The summed E-state index contributed by atoms with van der Waals surface area (Å²) in [6, 6.07) is 0. The van der Waals surface area contributed by atoms with Crippen molar-refractivity contribution in [2.75, 3.05) is 0 Å². The lowest BCUT2D eigenvalue weighted by molar-refractivity contribution is 0.490. The zero-order valence-electron chi connectivity index (χ0n) is 6.85. The first-order valence-electron chi connectivity index (χ1n) is 3.94. The Labute approximate surface area is 62.5 Å². The van der Waals surface area contributed by atoms with Crippen molar-refractivity contribution in [1.29, 1.82) is 0 Å². The lowest BCUT2D eigenvalue weighted by Crippen LogP contribution is -2.21. The number of hydrogen-bond donors (Lipinski definition) is 1. The van der Waals surface area contributed by atoms with E-state index >= 15 is 0 Å². The molecule has 0 aromatic carbocycles. The molecule has 0 saturated heterocycles. The SMILES string of the molecule is CC(N)=NC1(C)CCCC1. The molecule has 0 aromatic rings. The van der Waals surface area contributed by atoms with Crippen molar-refractivity contribution in [2.24, 2.45) is 10.7 Å². The number of hydrogen-bond acceptors (Lipinski definition) is 1.